The molecule has 96 valence electrons. The molecule has 0 bridgehead atoms. The highest BCUT2D eigenvalue weighted by Gasteiger charge is 2.40. The van der Waals surface area contributed by atoms with E-state index in [1.807, 2.05) is 18.2 Å². The van der Waals surface area contributed by atoms with Gasteiger partial charge < -0.3 is 9.80 Å². The molecule has 2 aliphatic heterocycles. The van der Waals surface area contributed by atoms with Gasteiger partial charge in [-0.3, -0.25) is 9.59 Å². The van der Waals surface area contributed by atoms with Crippen molar-refractivity contribution in [1.82, 2.24) is 4.90 Å². The van der Waals surface area contributed by atoms with Gasteiger partial charge in [-0.2, -0.15) is 13.5 Å². The maximum absolute atomic E-state index is 12.4. The molecule has 0 aromatic heterocycles. The van der Waals surface area contributed by atoms with Gasteiger partial charge in [-0.25, -0.2) is 0 Å². The van der Waals surface area contributed by atoms with Gasteiger partial charge in [0, 0.05) is 13.6 Å². The van der Waals surface area contributed by atoms with Crippen molar-refractivity contribution in [2.45, 2.75) is 18.9 Å². The van der Waals surface area contributed by atoms with Crippen LogP contribution in [0.1, 0.15) is 23.2 Å². The number of hydrogen-bond donors (Lipinski definition) is 0. The summed E-state index contributed by atoms with van der Waals surface area (Å²) in [7, 11) is 1.75. The number of fused-ring (bicyclic) bond motifs is 2. The van der Waals surface area contributed by atoms with Gasteiger partial charge in [-0.15, -0.1) is 0 Å². The van der Waals surface area contributed by atoms with Gasteiger partial charge in [-0.05, 0) is 25.0 Å². The third-order valence-electron chi connectivity index (χ3n) is 3.63. The average Bonchev–Trinajstić information content (AvgIpc) is 2.82. The molecule has 1 atom stereocenters. The Hall–Kier alpha value is -1.49. The topological polar surface area (TPSA) is 40.6 Å². The predicted molar refractivity (Wildman–Crippen MR) is 74.3 cm³/mol. The van der Waals surface area contributed by atoms with Crippen LogP contribution in [0.15, 0.2) is 24.3 Å². The Morgan fingerprint density at radius 1 is 1.22 bits per heavy atom. The molecule has 3 rings (SSSR count). The smallest absolute Gasteiger partial charge is 0.256 e. The molecule has 1 saturated heterocycles. The van der Waals surface area contributed by atoms with Crippen LogP contribution in [0.25, 0.3) is 0 Å². The molecule has 5 heteroatoms. The minimum absolute atomic E-state index is 0. The largest absolute Gasteiger partial charge is 0.327 e. The Bertz CT molecular complexity index is 504. The van der Waals surface area contributed by atoms with E-state index >= 15 is 0 Å². The van der Waals surface area contributed by atoms with Gasteiger partial charge in [0.15, 0.2) is 0 Å². The molecule has 2 heterocycles. The minimum Gasteiger partial charge on any atom is -0.327 e. The molecule has 1 fully saturated rings. The van der Waals surface area contributed by atoms with Gasteiger partial charge in [-0.1, -0.05) is 12.1 Å². The summed E-state index contributed by atoms with van der Waals surface area (Å²) in [5.74, 6) is 0.0154. The van der Waals surface area contributed by atoms with Crippen molar-refractivity contribution in [3.05, 3.63) is 29.8 Å². The lowest BCUT2D eigenvalue weighted by atomic mass is 10.1. The van der Waals surface area contributed by atoms with E-state index in [1.54, 1.807) is 22.9 Å². The monoisotopic (exact) mass is 264 g/mol. The van der Waals surface area contributed by atoms with E-state index in [-0.39, 0.29) is 31.4 Å². The van der Waals surface area contributed by atoms with E-state index in [9.17, 15) is 9.59 Å². The number of rotatable bonds is 0. The molecular weight excluding hydrogens is 248 g/mol. The van der Waals surface area contributed by atoms with Crippen LogP contribution in [0, 0.1) is 0 Å². The van der Waals surface area contributed by atoms with Gasteiger partial charge in [0.05, 0.1) is 11.3 Å². The Morgan fingerprint density at radius 2 is 1.94 bits per heavy atom. The van der Waals surface area contributed by atoms with Crippen molar-refractivity contribution in [3.8, 4) is 0 Å². The van der Waals surface area contributed by atoms with Crippen LogP contribution >= 0.6 is 13.5 Å². The summed E-state index contributed by atoms with van der Waals surface area (Å²) in [5, 5.41) is 0. The molecule has 1 unspecified atom stereocenters. The van der Waals surface area contributed by atoms with Crippen LogP contribution in [0.4, 0.5) is 5.69 Å². The first-order valence-corrected chi connectivity index (χ1v) is 5.87. The highest BCUT2D eigenvalue weighted by Crippen LogP contribution is 2.31. The fraction of sp³-hybridized carbons (Fsp3) is 0.385. The third-order valence-corrected chi connectivity index (χ3v) is 3.63. The SMILES string of the molecule is CN1C(=O)C2CCCN2C(=O)c2ccccc21.S. The Labute approximate surface area is 113 Å². The lowest BCUT2D eigenvalue weighted by Crippen LogP contribution is -2.43. The van der Waals surface area contributed by atoms with Crippen molar-refractivity contribution in [1.29, 1.82) is 0 Å². The van der Waals surface area contributed by atoms with Crippen LogP contribution < -0.4 is 4.90 Å². The standard InChI is InChI=1S/C13H14N2O2.H2S/c1-14-10-6-3-2-5-9(10)12(16)15-8-4-7-11(15)13(14)17;/h2-3,5-6,11H,4,7-8H2,1H3;1H2. The van der Waals surface area contributed by atoms with Crippen LogP contribution in [0.3, 0.4) is 0 Å². The summed E-state index contributed by atoms with van der Waals surface area (Å²) in [6, 6.07) is 7.05. The number of anilines is 1. The molecule has 0 spiro atoms. The van der Waals surface area contributed by atoms with E-state index < -0.39 is 0 Å². The number of amides is 2. The zero-order valence-corrected chi connectivity index (χ0v) is 11.2. The Morgan fingerprint density at radius 3 is 2.72 bits per heavy atom. The summed E-state index contributed by atoms with van der Waals surface area (Å²) >= 11 is 0. The molecule has 4 nitrogen and oxygen atoms in total. The zero-order valence-electron chi connectivity index (χ0n) is 10.2. The molecule has 0 N–H and O–H groups in total. The van der Waals surface area contributed by atoms with Gasteiger partial charge in [0.1, 0.15) is 6.04 Å². The first kappa shape index (κ1) is 13.0. The van der Waals surface area contributed by atoms with Crippen LogP contribution in [-0.2, 0) is 4.79 Å². The lowest BCUT2D eigenvalue weighted by molar-refractivity contribution is -0.121. The number of hydrogen-bond acceptors (Lipinski definition) is 2. The molecule has 0 radical (unpaired) electrons. The van der Waals surface area contributed by atoms with E-state index in [0.29, 0.717) is 12.1 Å². The second-order valence-corrected chi connectivity index (χ2v) is 4.57. The van der Waals surface area contributed by atoms with Crippen molar-refractivity contribution in [2.24, 2.45) is 0 Å². The third kappa shape index (κ3) is 1.70. The van der Waals surface area contributed by atoms with Crippen molar-refractivity contribution in [3.63, 3.8) is 0 Å². The Balaban J connectivity index is 0.00000120. The molecule has 1 aromatic rings. The van der Waals surface area contributed by atoms with Gasteiger partial charge in [0.2, 0.25) is 5.91 Å². The number of nitrogens with zero attached hydrogens (tertiary/aromatic N) is 2. The Kier molecular flexibility index (Phi) is 3.34. The second-order valence-electron chi connectivity index (χ2n) is 4.57. The molecular formula is C13H16N2O2S. The summed E-state index contributed by atoms with van der Waals surface area (Å²) in [6.45, 7) is 0.692. The molecule has 1 aromatic carbocycles. The highest BCUT2D eigenvalue weighted by atomic mass is 32.1. The second kappa shape index (κ2) is 4.65. The van der Waals surface area contributed by atoms with Gasteiger partial charge in [0.25, 0.3) is 5.91 Å². The fourth-order valence-electron chi connectivity index (χ4n) is 2.71. The van der Waals surface area contributed by atoms with E-state index in [2.05, 4.69) is 0 Å². The summed E-state index contributed by atoms with van der Waals surface area (Å²) in [6.07, 6.45) is 1.70. The molecule has 18 heavy (non-hydrogen) atoms. The van der Waals surface area contributed by atoms with E-state index in [0.717, 1.165) is 18.5 Å². The number of benzene rings is 1. The van der Waals surface area contributed by atoms with Crippen LogP contribution in [-0.4, -0.2) is 36.3 Å². The van der Waals surface area contributed by atoms with Crippen molar-refractivity contribution >= 4 is 31.0 Å². The number of carbonyl (C=O) groups is 2. The normalized spacial score (nSPS) is 22.2. The first-order chi connectivity index (χ1) is 8.20. The van der Waals surface area contributed by atoms with Crippen LogP contribution in [0.2, 0.25) is 0 Å². The van der Waals surface area contributed by atoms with Crippen molar-refractivity contribution in [2.75, 3.05) is 18.5 Å². The van der Waals surface area contributed by atoms with Gasteiger partial charge >= 0.3 is 0 Å². The number of para-hydroxylation sites is 1. The van der Waals surface area contributed by atoms with E-state index in [1.165, 1.54) is 0 Å². The zero-order chi connectivity index (χ0) is 12.0. The highest BCUT2D eigenvalue weighted by molar-refractivity contribution is 7.59. The number of carbonyl (C=O) groups excluding carboxylic acids is 2. The molecule has 0 saturated carbocycles. The molecule has 0 aliphatic carbocycles. The summed E-state index contributed by atoms with van der Waals surface area (Å²) in [4.78, 5) is 28.0. The minimum atomic E-state index is -0.264. The summed E-state index contributed by atoms with van der Waals surface area (Å²) in [5.41, 5.74) is 1.35. The lowest BCUT2D eigenvalue weighted by Gasteiger charge is -2.22. The fourth-order valence-corrected chi connectivity index (χ4v) is 2.71. The molecule has 2 aliphatic rings. The predicted octanol–water partition coefficient (Wildman–Crippen LogP) is 1.38. The summed E-state index contributed by atoms with van der Waals surface area (Å²) < 4.78 is 0. The number of likely N-dealkylation sites (N-methyl/N-ethyl adjacent to an activating group) is 1. The quantitative estimate of drug-likeness (QED) is 0.710. The first-order valence-electron chi connectivity index (χ1n) is 5.87. The van der Waals surface area contributed by atoms with Crippen LogP contribution in [0.5, 0.6) is 0 Å². The maximum Gasteiger partial charge on any atom is 0.256 e. The molecule has 2 amide bonds. The average molecular weight is 264 g/mol. The van der Waals surface area contributed by atoms with E-state index in [4.69, 9.17) is 0 Å². The maximum atomic E-state index is 12.4. The van der Waals surface area contributed by atoms with Crippen molar-refractivity contribution < 1.29 is 9.59 Å².